The summed E-state index contributed by atoms with van der Waals surface area (Å²) in [5.74, 6) is 0.767. The summed E-state index contributed by atoms with van der Waals surface area (Å²) >= 11 is 0. The highest BCUT2D eigenvalue weighted by Gasteiger charge is 2.29. The molecular formula is C19H23N3O3. The fourth-order valence-corrected chi connectivity index (χ4v) is 2.51. The molecule has 132 valence electrons. The van der Waals surface area contributed by atoms with E-state index in [1.807, 2.05) is 26.8 Å². The Labute approximate surface area is 147 Å². The number of carbonyl (C=O) groups excluding carboxylic acids is 2. The van der Waals surface area contributed by atoms with Gasteiger partial charge in [-0.3, -0.25) is 9.59 Å². The number of nitrogens with one attached hydrogen (secondary N) is 1. The predicted octanol–water partition coefficient (Wildman–Crippen LogP) is 3.59. The second-order valence-electron chi connectivity index (χ2n) is 6.88. The van der Waals surface area contributed by atoms with Crippen molar-refractivity contribution in [3.05, 3.63) is 46.8 Å². The molecule has 1 aliphatic rings. The maximum atomic E-state index is 12.6. The molecule has 3 rings (SSSR count). The summed E-state index contributed by atoms with van der Waals surface area (Å²) in [4.78, 5) is 26.6. The average Bonchev–Trinajstić information content (AvgIpc) is 3.32. The van der Waals surface area contributed by atoms with Crippen LogP contribution in [0.2, 0.25) is 0 Å². The van der Waals surface area contributed by atoms with Crippen LogP contribution in [0.3, 0.4) is 0 Å². The summed E-state index contributed by atoms with van der Waals surface area (Å²) in [6, 6.07) is 7.11. The van der Waals surface area contributed by atoms with Crippen molar-refractivity contribution in [1.29, 1.82) is 0 Å². The lowest BCUT2D eigenvalue weighted by Gasteiger charge is -2.22. The number of benzene rings is 1. The SMILES string of the molecule is Cc1ccc(NC(=O)c2cc(C3CC3)on2)cc1C(=O)N(C)C(C)C. The molecule has 1 aliphatic carbocycles. The monoisotopic (exact) mass is 341 g/mol. The van der Waals surface area contributed by atoms with Crippen LogP contribution in [-0.2, 0) is 0 Å². The molecule has 0 bridgehead atoms. The second kappa shape index (κ2) is 6.70. The molecule has 0 saturated heterocycles. The Morgan fingerprint density at radius 1 is 1.28 bits per heavy atom. The van der Waals surface area contributed by atoms with Gasteiger partial charge in [0, 0.05) is 36.3 Å². The van der Waals surface area contributed by atoms with Crippen molar-refractivity contribution >= 4 is 17.5 Å². The molecule has 1 saturated carbocycles. The summed E-state index contributed by atoms with van der Waals surface area (Å²) in [6.45, 7) is 5.80. The van der Waals surface area contributed by atoms with Crippen LogP contribution in [0, 0.1) is 6.92 Å². The first kappa shape index (κ1) is 17.2. The Morgan fingerprint density at radius 2 is 2.00 bits per heavy atom. The van der Waals surface area contributed by atoms with Crippen molar-refractivity contribution in [2.24, 2.45) is 0 Å². The lowest BCUT2D eigenvalue weighted by molar-refractivity contribution is 0.0754. The van der Waals surface area contributed by atoms with E-state index in [1.54, 1.807) is 30.1 Å². The Kier molecular flexibility index (Phi) is 4.61. The van der Waals surface area contributed by atoms with Crippen LogP contribution in [0.25, 0.3) is 0 Å². The van der Waals surface area contributed by atoms with Crippen LogP contribution in [-0.4, -0.2) is 35.0 Å². The van der Waals surface area contributed by atoms with Crippen LogP contribution in [0.4, 0.5) is 5.69 Å². The number of carbonyl (C=O) groups is 2. The minimum absolute atomic E-state index is 0.0685. The van der Waals surface area contributed by atoms with Crippen molar-refractivity contribution in [3.8, 4) is 0 Å². The van der Waals surface area contributed by atoms with Crippen LogP contribution >= 0.6 is 0 Å². The first-order valence-electron chi connectivity index (χ1n) is 8.52. The smallest absolute Gasteiger partial charge is 0.277 e. The molecule has 0 aliphatic heterocycles. The highest BCUT2D eigenvalue weighted by Crippen LogP contribution is 2.40. The maximum absolute atomic E-state index is 12.6. The molecule has 0 atom stereocenters. The van der Waals surface area contributed by atoms with E-state index in [-0.39, 0.29) is 23.6 Å². The van der Waals surface area contributed by atoms with Crippen LogP contribution in [0.5, 0.6) is 0 Å². The summed E-state index contributed by atoms with van der Waals surface area (Å²) < 4.78 is 5.21. The third-order valence-corrected chi connectivity index (χ3v) is 4.56. The van der Waals surface area contributed by atoms with E-state index in [2.05, 4.69) is 10.5 Å². The number of rotatable bonds is 5. The van der Waals surface area contributed by atoms with Crippen LogP contribution in [0.15, 0.2) is 28.8 Å². The minimum Gasteiger partial charge on any atom is -0.360 e. The Hall–Kier alpha value is -2.63. The van der Waals surface area contributed by atoms with Gasteiger partial charge >= 0.3 is 0 Å². The van der Waals surface area contributed by atoms with E-state index >= 15 is 0 Å². The molecule has 0 spiro atoms. The number of hydrogen-bond acceptors (Lipinski definition) is 4. The topological polar surface area (TPSA) is 75.4 Å². The summed E-state index contributed by atoms with van der Waals surface area (Å²) in [5, 5.41) is 6.63. The number of amides is 2. The largest absolute Gasteiger partial charge is 0.360 e. The zero-order valence-electron chi connectivity index (χ0n) is 15.0. The molecule has 2 amide bonds. The van der Waals surface area contributed by atoms with Gasteiger partial charge in [0.05, 0.1) is 0 Å². The van der Waals surface area contributed by atoms with Gasteiger partial charge in [0.1, 0.15) is 5.76 Å². The van der Waals surface area contributed by atoms with Gasteiger partial charge in [-0.15, -0.1) is 0 Å². The highest BCUT2D eigenvalue weighted by molar-refractivity contribution is 6.04. The van der Waals surface area contributed by atoms with Crippen LogP contribution < -0.4 is 5.32 Å². The Balaban J connectivity index is 1.76. The van der Waals surface area contributed by atoms with E-state index in [9.17, 15) is 9.59 Å². The first-order chi connectivity index (χ1) is 11.9. The van der Waals surface area contributed by atoms with Gasteiger partial charge in [-0.1, -0.05) is 11.2 Å². The zero-order chi connectivity index (χ0) is 18.1. The zero-order valence-corrected chi connectivity index (χ0v) is 15.0. The van der Waals surface area contributed by atoms with Crippen molar-refractivity contribution in [1.82, 2.24) is 10.1 Å². The Morgan fingerprint density at radius 3 is 2.64 bits per heavy atom. The van der Waals surface area contributed by atoms with Crippen molar-refractivity contribution in [3.63, 3.8) is 0 Å². The summed E-state index contributed by atoms with van der Waals surface area (Å²) in [5.41, 5.74) is 2.27. The molecule has 1 fully saturated rings. The lowest BCUT2D eigenvalue weighted by atomic mass is 10.1. The lowest BCUT2D eigenvalue weighted by Crippen LogP contribution is -2.33. The normalized spacial score (nSPS) is 13.8. The highest BCUT2D eigenvalue weighted by atomic mass is 16.5. The number of aryl methyl sites for hydroxylation is 1. The fraction of sp³-hybridized carbons (Fsp3) is 0.421. The molecule has 2 aromatic rings. The molecule has 1 heterocycles. The molecule has 6 heteroatoms. The van der Waals surface area contributed by atoms with Crippen LogP contribution in [0.1, 0.15) is 64.8 Å². The van der Waals surface area contributed by atoms with Gasteiger partial charge in [-0.05, 0) is 51.3 Å². The van der Waals surface area contributed by atoms with Gasteiger partial charge in [-0.2, -0.15) is 0 Å². The predicted molar refractivity (Wildman–Crippen MR) is 94.8 cm³/mol. The molecule has 1 aromatic heterocycles. The average molecular weight is 341 g/mol. The molecule has 0 radical (unpaired) electrons. The molecule has 1 N–H and O–H groups in total. The number of aromatic nitrogens is 1. The number of nitrogens with zero attached hydrogens (tertiary/aromatic N) is 2. The van der Waals surface area contributed by atoms with Crippen molar-refractivity contribution < 1.29 is 14.1 Å². The second-order valence-corrected chi connectivity index (χ2v) is 6.88. The van der Waals surface area contributed by atoms with Crippen molar-refractivity contribution in [2.75, 3.05) is 12.4 Å². The van der Waals surface area contributed by atoms with Gasteiger partial charge in [-0.25, -0.2) is 0 Å². The van der Waals surface area contributed by atoms with E-state index in [0.717, 1.165) is 24.2 Å². The number of anilines is 1. The molecule has 25 heavy (non-hydrogen) atoms. The summed E-state index contributed by atoms with van der Waals surface area (Å²) in [6.07, 6.45) is 2.17. The standard InChI is InChI=1S/C19H23N3O3/c1-11(2)22(4)19(24)15-9-14(8-5-12(15)3)20-18(23)16-10-17(25-21-16)13-6-7-13/h5,8-11,13H,6-7H2,1-4H3,(H,20,23). The molecule has 6 nitrogen and oxygen atoms in total. The summed E-state index contributed by atoms with van der Waals surface area (Å²) in [7, 11) is 1.77. The van der Waals surface area contributed by atoms with Gasteiger partial charge in [0.15, 0.2) is 5.69 Å². The number of hydrogen-bond donors (Lipinski definition) is 1. The third kappa shape index (κ3) is 3.73. The molecule has 1 aromatic carbocycles. The fourth-order valence-electron chi connectivity index (χ4n) is 2.51. The van der Waals surface area contributed by atoms with E-state index in [0.29, 0.717) is 17.2 Å². The quantitative estimate of drug-likeness (QED) is 0.902. The first-order valence-corrected chi connectivity index (χ1v) is 8.52. The minimum atomic E-state index is -0.338. The van der Waals surface area contributed by atoms with E-state index < -0.39 is 0 Å². The van der Waals surface area contributed by atoms with E-state index in [4.69, 9.17) is 4.52 Å². The molecule has 0 unspecified atom stereocenters. The third-order valence-electron chi connectivity index (χ3n) is 4.56. The van der Waals surface area contributed by atoms with Gasteiger partial charge in [0.25, 0.3) is 11.8 Å². The van der Waals surface area contributed by atoms with Gasteiger partial charge < -0.3 is 14.7 Å². The van der Waals surface area contributed by atoms with E-state index in [1.165, 1.54) is 0 Å². The van der Waals surface area contributed by atoms with Crippen molar-refractivity contribution in [2.45, 2.75) is 45.6 Å². The maximum Gasteiger partial charge on any atom is 0.277 e. The Bertz CT molecular complexity index is 806. The van der Waals surface area contributed by atoms with Gasteiger partial charge in [0.2, 0.25) is 0 Å². The molecular weight excluding hydrogens is 318 g/mol.